The molecule has 4 aromatic rings. The first-order valence-corrected chi connectivity index (χ1v) is 11.6. The van der Waals surface area contributed by atoms with Gasteiger partial charge in [-0.15, -0.1) is 0 Å². The van der Waals surface area contributed by atoms with Gasteiger partial charge in [0.1, 0.15) is 29.2 Å². The summed E-state index contributed by atoms with van der Waals surface area (Å²) in [6.07, 6.45) is 1.58. The molecule has 0 bridgehead atoms. The van der Waals surface area contributed by atoms with Crippen LogP contribution in [0.15, 0.2) is 48.8 Å². The molecule has 10 nitrogen and oxygen atoms in total. The monoisotopic (exact) mass is 491 g/mol. The summed E-state index contributed by atoms with van der Waals surface area (Å²) in [6, 6.07) is 11.9. The largest absolute Gasteiger partial charge is 0.444 e. The molecule has 0 unspecified atom stereocenters. The highest BCUT2D eigenvalue weighted by atomic mass is 19.1. The van der Waals surface area contributed by atoms with E-state index in [0.717, 1.165) is 0 Å². The van der Waals surface area contributed by atoms with Crippen molar-refractivity contribution in [1.29, 1.82) is 0 Å². The first kappa shape index (κ1) is 23.5. The Labute approximate surface area is 206 Å². The Balaban J connectivity index is 1.47. The fourth-order valence-corrected chi connectivity index (χ4v) is 4.13. The third-order valence-corrected chi connectivity index (χ3v) is 5.72. The third kappa shape index (κ3) is 4.64. The molecule has 0 spiro atoms. The number of aromatic nitrogens is 5. The third-order valence-electron chi connectivity index (χ3n) is 5.72. The summed E-state index contributed by atoms with van der Waals surface area (Å²) >= 11 is 0. The summed E-state index contributed by atoms with van der Waals surface area (Å²) < 4.78 is 28.0. The molecule has 1 aliphatic heterocycles. The maximum absolute atomic E-state index is 15.2. The summed E-state index contributed by atoms with van der Waals surface area (Å²) in [5, 5.41) is 5.10. The predicted molar refractivity (Wildman–Crippen MR) is 131 cm³/mol. The standard InChI is InChI=1S/C25H26FN7O3/c1-25(2,3)36-24(34)32-12-11-15(13-32)33-23-19(22(27)28-14-29-23)20(31-33)17-9-10-18(30-21(17)26)35-16-7-5-4-6-8-16/h4-10,14-15H,11-13H2,1-3H3,(H2,27,28,29)/t15-/m0/s1. The highest BCUT2D eigenvalue weighted by Gasteiger charge is 2.33. The molecule has 1 amide bonds. The van der Waals surface area contributed by atoms with Gasteiger partial charge in [-0.2, -0.15) is 14.5 Å². The number of halogens is 1. The molecule has 1 aliphatic rings. The van der Waals surface area contributed by atoms with Crippen LogP contribution in [0.5, 0.6) is 11.6 Å². The molecular formula is C25H26FN7O3. The van der Waals surface area contributed by atoms with E-state index < -0.39 is 11.5 Å². The minimum Gasteiger partial charge on any atom is -0.444 e. The van der Waals surface area contributed by atoms with E-state index in [4.69, 9.17) is 15.2 Å². The average molecular weight is 492 g/mol. The lowest BCUT2D eigenvalue weighted by Gasteiger charge is -2.24. The van der Waals surface area contributed by atoms with Crippen molar-refractivity contribution in [2.75, 3.05) is 18.8 Å². The molecule has 186 valence electrons. The predicted octanol–water partition coefficient (Wildman–Crippen LogP) is 4.58. The summed E-state index contributed by atoms with van der Waals surface area (Å²) in [6.45, 7) is 6.34. The number of fused-ring (bicyclic) bond motifs is 1. The second-order valence-corrected chi connectivity index (χ2v) is 9.52. The Kier molecular flexibility index (Phi) is 5.91. The molecule has 1 aromatic carbocycles. The Morgan fingerprint density at radius 1 is 1.14 bits per heavy atom. The van der Waals surface area contributed by atoms with Crippen LogP contribution in [0.3, 0.4) is 0 Å². The number of hydrogen-bond donors (Lipinski definition) is 1. The van der Waals surface area contributed by atoms with Gasteiger partial charge < -0.3 is 20.1 Å². The average Bonchev–Trinajstić information content (AvgIpc) is 3.45. The molecule has 0 saturated carbocycles. The van der Waals surface area contributed by atoms with Crippen molar-refractivity contribution in [2.45, 2.75) is 38.8 Å². The normalized spacial score (nSPS) is 15.9. The zero-order valence-corrected chi connectivity index (χ0v) is 20.2. The molecule has 36 heavy (non-hydrogen) atoms. The molecule has 3 aromatic heterocycles. The molecule has 5 rings (SSSR count). The van der Waals surface area contributed by atoms with Crippen molar-refractivity contribution in [3.05, 3.63) is 54.7 Å². The molecule has 1 fully saturated rings. The fraction of sp³-hybridized carbons (Fsp3) is 0.320. The Morgan fingerprint density at radius 2 is 1.92 bits per heavy atom. The molecule has 2 N–H and O–H groups in total. The smallest absolute Gasteiger partial charge is 0.410 e. The Hall–Kier alpha value is -4.28. The van der Waals surface area contributed by atoms with Crippen LogP contribution in [-0.4, -0.2) is 54.4 Å². The van der Waals surface area contributed by atoms with Gasteiger partial charge in [0.25, 0.3) is 0 Å². The number of benzene rings is 1. The van der Waals surface area contributed by atoms with Crippen molar-refractivity contribution in [1.82, 2.24) is 29.6 Å². The topological polar surface area (TPSA) is 121 Å². The molecule has 1 atom stereocenters. The van der Waals surface area contributed by atoms with E-state index in [1.807, 2.05) is 39.0 Å². The Morgan fingerprint density at radius 3 is 2.64 bits per heavy atom. The first-order valence-electron chi connectivity index (χ1n) is 11.6. The number of nitrogens with zero attached hydrogens (tertiary/aromatic N) is 6. The van der Waals surface area contributed by atoms with Crippen LogP contribution < -0.4 is 10.5 Å². The number of pyridine rings is 1. The highest BCUT2D eigenvalue weighted by Crippen LogP contribution is 2.35. The molecule has 0 aliphatic carbocycles. The lowest BCUT2D eigenvalue weighted by molar-refractivity contribution is 0.0288. The van der Waals surface area contributed by atoms with E-state index >= 15 is 4.39 Å². The maximum atomic E-state index is 15.2. The SMILES string of the molecule is CC(C)(C)OC(=O)N1CC[C@H](n2nc(-c3ccc(Oc4ccccc4)nc3F)c3c(N)ncnc32)C1. The number of nitrogen functional groups attached to an aromatic ring is 1. The van der Waals surface area contributed by atoms with Crippen LogP contribution >= 0.6 is 0 Å². The number of carbonyl (C=O) groups excluding carboxylic acids is 1. The van der Waals surface area contributed by atoms with Crippen LogP contribution in [0.1, 0.15) is 33.2 Å². The van der Waals surface area contributed by atoms with E-state index in [-0.39, 0.29) is 35.1 Å². The van der Waals surface area contributed by atoms with Gasteiger partial charge in [0, 0.05) is 19.2 Å². The minimum absolute atomic E-state index is 0.110. The van der Waals surface area contributed by atoms with Crippen LogP contribution in [0, 0.1) is 5.95 Å². The van der Waals surface area contributed by atoms with Crippen molar-refractivity contribution < 1.29 is 18.7 Å². The van der Waals surface area contributed by atoms with Crippen LogP contribution in [0.25, 0.3) is 22.3 Å². The van der Waals surface area contributed by atoms with Crippen LogP contribution in [-0.2, 0) is 4.74 Å². The van der Waals surface area contributed by atoms with Crippen LogP contribution in [0.2, 0.25) is 0 Å². The Bertz CT molecular complexity index is 1420. The summed E-state index contributed by atoms with van der Waals surface area (Å²) in [7, 11) is 0. The number of nitrogens with two attached hydrogens (primary N) is 1. The van der Waals surface area contributed by atoms with Gasteiger partial charge in [-0.1, -0.05) is 18.2 Å². The van der Waals surface area contributed by atoms with Gasteiger partial charge in [0.05, 0.1) is 17.0 Å². The van der Waals surface area contributed by atoms with Gasteiger partial charge >= 0.3 is 6.09 Å². The molecule has 4 heterocycles. The summed E-state index contributed by atoms with van der Waals surface area (Å²) in [5.74, 6) is 0.0618. The quantitative estimate of drug-likeness (QED) is 0.412. The van der Waals surface area contributed by atoms with Crippen molar-refractivity contribution in [2.24, 2.45) is 0 Å². The number of carbonyl (C=O) groups is 1. The van der Waals surface area contributed by atoms with Crippen molar-refractivity contribution in [3.8, 4) is 22.9 Å². The van der Waals surface area contributed by atoms with Crippen LogP contribution in [0.4, 0.5) is 15.0 Å². The number of likely N-dealkylation sites (tertiary alicyclic amines) is 1. The minimum atomic E-state index is -0.764. The summed E-state index contributed by atoms with van der Waals surface area (Å²) in [5.41, 5.74) is 6.45. The highest BCUT2D eigenvalue weighted by molar-refractivity contribution is 5.98. The second kappa shape index (κ2) is 9.06. The van der Waals surface area contributed by atoms with E-state index in [0.29, 0.717) is 36.3 Å². The lowest BCUT2D eigenvalue weighted by Crippen LogP contribution is -2.35. The number of anilines is 1. The second-order valence-electron chi connectivity index (χ2n) is 9.52. The zero-order chi connectivity index (χ0) is 25.4. The number of para-hydroxylation sites is 1. The number of hydrogen-bond acceptors (Lipinski definition) is 8. The molecule has 1 saturated heterocycles. The van der Waals surface area contributed by atoms with Gasteiger partial charge in [0.15, 0.2) is 5.65 Å². The van der Waals surface area contributed by atoms with E-state index in [2.05, 4.69) is 20.1 Å². The van der Waals surface area contributed by atoms with Crippen molar-refractivity contribution >= 4 is 22.9 Å². The van der Waals surface area contributed by atoms with E-state index in [9.17, 15) is 4.79 Å². The van der Waals surface area contributed by atoms with E-state index in [1.54, 1.807) is 33.8 Å². The lowest BCUT2D eigenvalue weighted by atomic mass is 10.1. The molecular weight excluding hydrogens is 465 g/mol. The van der Waals surface area contributed by atoms with Gasteiger partial charge in [-0.3, -0.25) is 0 Å². The number of ether oxygens (including phenoxy) is 2. The number of rotatable bonds is 4. The van der Waals surface area contributed by atoms with Gasteiger partial charge in [-0.05, 0) is 45.4 Å². The number of amides is 1. The molecule has 0 radical (unpaired) electrons. The fourth-order valence-electron chi connectivity index (χ4n) is 4.13. The van der Waals surface area contributed by atoms with E-state index in [1.165, 1.54) is 6.33 Å². The molecule has 11 heteroatoms. The maximum Gasteiger partial charge on any atom is 0.410 e. The van der Waals surface area contributed by atoms with Gasteiger partial charge in [0.2, 0.25) is 11.8 Å². The summed E-state index contributed by atoms with van der Waals surface area (Å²) in [4.78, 5) is 26.6. The van der Waals surface area contributed by atoms with Gasteiger partial charge in [-0.25, -0.2) is 19.4 Å². The zero-order valence-electron chi connectivity index (χ0n) is 20.2. The first-order chi connectivity index (χ1) is 17.2. The van der Waals surface area contributed by atoms with Crippen molar-refractivity contribution in [3.63, 3.8) is 0 Å².